The van der Waals surface area contributed by atoms with Crippen LogP contribution < -0.4 is 22.9 Å². The Labute approximate surface area is 93.7 Å². The molecule has 0 aliphatic rings. The predicted molar refractivity (Wildman–Crippen MR) is 60.4 cm³/mol. The lowest BCUT2D eigenvalue weighted by atomic mass is 10.2. The third-order valence-corrected chi connectivity index (χ3v) is 1.28. The molecule has 0 heterocycles. The van der Waals surface area contributed by atoms with Gasteiger partial charge in [-0.2, -0.15) is 0 Å². The zero-order chi connectivity index (χ0) is 13.1. The van der Waals surface area contributed by atoms with E-state index in [9.17, 15) is 9.59 Å². The SMILES string of the molecule is CC(N)=O.NC(N)=NCCCC(N)C(=O)O. The number of rotatable bonds is 5. The third kappa shape index (κ3) is 18.1. The van der Waals surface area contributed by atoms with Crippen LogP contribution in [0.25, 0.3) is 0 Å². The monoisotopic (exact) mass is 233 g/mol. The zero-order valence-electron chi connectivity index (χ0n) is 9.22. The quantitative estimate of drug-likeness (QED) is 0.207. The Morgan fingerprint density at radius 3 is 2.06 bits per heavy atom. The maximum atomic E-state index is 10.2. The van der Waals surface area contributed by atoms with Gasteiger partial charge in [0.25, 0.3) is 0 Å². The van der Waals surface area contributed by atoms with Crippen molar-refractivity contribution < 1.29 is 14.7 Å². The molecule has 9 N–H and O–H groups in total. The van der Waals surface area contributed by atoms with Gasteiger partial charge in [0.2, 0.25) is 5.91 Å². The number of hydrogen-bond donors (Lipinski definition) is 5. The molecule has 0 aromatic rings. The standard InChI is InChI=1S/C6H14N4O2.C2H5NO/c7-4(5(11)12)2-1-3-10-6(8)9;1-2(3)4/h4H,1-3,7H2,(H,11,12)(H4,8,9,10);1H3,(H2,3,4). The van der Waals surface area contributed by atoms with Gasteiger partial charge in [0.15, 0.2) is 5.96 Å². The van der Waals surface area contributed by atoms with Crippen LogP contribution in [0.15, 0.2) is 4.99 Å². The van der Waals surface area contributed by atoms with E-state index in [1.54, 1.807) is 0 Å². The van der Waals surface area contributed by atoms with Crippen molar-refractivity contribution in [1.29, 1.82) is 0 Å². The highest BCUT2D eigenvalue weighted by Crippen LogP contribution is 1.94. The lowest BCUT2D eigenvalue weighted by molar-refractivity contribution is -0.138. The summed E-state index contributed by atoms with van der Waals surface area (Å²) in [6.07, 6.45) is 0.956. The van der Waals surface area contributed by atoms with Crippen LogP contribution in [0.3, 0.4) is 0 Å². The zero-order valence-corrected chi connectivity index (χ0v) is 9.22. The molecule has 1 amide bonds. The highest BCUT2D eigenvalue weighted by atomic mass is 16.4. The number of aliphatic imine (C=N–C) groups is 1. The van der Waals surface area contributed by atoms with Gasteiger partial charge in [-0.3, -0.25) is 14.6 Å². The first-order chi connectivity index (χ1) is 7.27. The molecule has 94 valence electrons. The topological polar surface area (TPSA) is 171 Å². The summed E-state index contributed by atoms with van der Waals surface area (Å²) in [6.45, 7) is 1.73. The second kappa shape index (κ2) is 9.71. The summed E-state index contributed by atoms with van der Waals surface area (Å²) in [5.41, 5.74) is 19.8. The van der Waals surface area contributed by atoms with Crippen LogP contribution in [-0.2, 0) is 9.59 Å². The van der Waals surface area contributed by atoms with Crippen molar-refractivity contribution in [3.8, 4) is 0 Å². The van der Waals surface area contributed by atoms with Crippen LogP contribution in [0.4, 0.5) is 0 Å². The maximum Gasteiger partial charge on any atom is 0.320 e. The number of carboxylic acids is 1. The highest BCUT2D eigenvalue weighted by Gasteiger charge is 2.09. The van der Waals surface area contributed by atoms with Gasteiger partial charge in [0.05, 0.1) is 0 Å². The summed E-state index contributed by atoms with van der Waals surface area (Å²) in [5.74, 6) is -1.32. The van der Waals surface area contributed by atoms with E-state index < -0.39 is 12.0 Å². The van der Waals surface area contributed by atoms with Crippen molar-refractivity contribution in [2.75, 3.05) is 6.54 Å². The number of amides is 1. The van der Waals surface area contributed by atoms with Crippen molar-refractivity contribution in [1.82, 2.24) is 0 Å². The molecular formula is C8H19N5O3. The van der Waals surface area contributed by atoms with Crippen LogP contribution in [0, 0.1) is 0 Å². The van der Waals surface area contributed by atoms with E-state index in [-0.39, 0.29) is 11.9 Å². The van der Waals surface area contributed by atoms with Gasteiger partial charge >= 0.3 is 5.97 Å². The van der Waals surface area contributed by atoms with Crippen LogP contribution in [0.1, 0.15) is 19.8 Å². The van der Waals surface area contributed by atoms with E-state index >= 15 is 0 Å². The molecule has 0 aromatic heterocycles. The first-order valence-corrected chi connectivity index (χ1v) is 4.57. The van der Waals surface area contributed by atoms with Crippen LogP contribution >= 0.6 is 0 Å². The smallest absolute Gasteiger partial charge is 0.320 e. The van der Waals surface area contributed by atoms with Crippen molar-refractivity contribution >= 4 is 17.8 Å². The van der Waals surface area contributed by atoms with E-state index in [1.807, 2.05) is 0 Å². The Hall–Kier alpha value is -1.83. The molecule has 0 aliphatic heterocycles. The average molecular weight is 233 g/mol. The van der Waals surface area contributed by atoms with E-state index in [0.717, 1.165) is 0 Å². The number of aliphatic carboxylic acids is 1. The first-order valence-electron chi connectivity index (χ1n) is 4.57. The fourth-order valence-corrected chi connectivity index (χ4v) is 0.643. The number of hydrogen-bond acceptors (Lipinski definition) is 4. The fraction of sp³-hybridized carbons (Fsp3) is 0.625. The average Bonchev–Trinajstić information content (AvgIpc) is 2.10. The van der Waals surface area contributed by atoms with Gasteiger partial charge in [-0.25, -0.2) is 0 Å². The Morgan fingerprint density at radius 1 is 1.31 bits per heavy atom. The summed E-state index contributed by atoms with van der Waals surface area (Å²) in [5, 5.41) is 8.38. The molecule has 1 atom stereocenters. The van der Waals surface area contributed by atoms with Crippen LogP contribution in [0.5, 0.6) is 0 Å². The number of primary amides is 1. The normalized spacial score (nSPS) is 10.6. The van der Waals surface area contributed by atoms with E-state index in [1.165, 1.54) is 6.92 Å². The molecule has 1 unspecified atom stereocenters. The second-order valence-electron chi connectivity index (χ2n) is 3.00. The molecule has 0 saturated carbocycles. The second-order valence-corrected chi connectivity index (χ2v) is 3.00. The molecule has 0 rings (SSSR count). The molecule has 0 fully saturated rings. The Balaban J connectivity index is 0. The molecule has 16 heavy (non-hydrogen) atoms. The van der Waals surface area contributed by atoms with Crippen molar-refractivity contribution in [3.63, 3.8) is 0 Å². The minimum absolute atomic E-state index is 0.0129. The van der Waals surface area contributed by atoms with Gasteiger partial charge in [-0.1, -0.05) is 0 Å². The maximum absolute atomic E-state index is 10.2. The molecule has 0 aliphatic carbocycles. The summed E-state index contributed by atoms with van der Waals surface area (Å²) in [4.78, 5) is 23.1. The van der Waals surface area contributed by atoms with Crippen molar-refractivity contribution in [3.05, 3.63) is 0 Å². The minimum Gasteiger partial charge on any atom is -0.480 e. The summed E-state index contributed by atoms with van der Waals surface area (Å²) in [7, 11) is 0. The number of nitrogens with two attached hydrogens (primary N) is 4. The van der Waals surface area contributed by atoms with Gasteiger partial charge < -0.3 is 28.0 Å². The van der Waals surface area contributed by atoms with Crippen LogP contribution in [0.2, 0.25) is 0 Å². The largest absolute Gasteiger partial charge is 0.480 e. The van der Waals surface area contributed by atoms with Gasteiger partial charge in [-0.05, 0) is 12.8 Å². The summed E-state index contributed by atoms with van der Waals surface area (Å²) < 4.78 is 0. The third-order valence-electron chi connectivity index (χ3n) is 1.28. The van der Waals surface area contributed by atoms with E-state index in [0.29, 0.717) is 19.4 Å². The Morgan fingerprint density at radius 2 is 1.75 bits per heavy atom. The van der Waals surface area contributed by atoms with E-state index in [4.69, 9.17) is 22.3 Å². The van der Waals surface area contributed by atoms with Crippen LogP contribution in [-0.4, -0.2) is 35.5 Å². The molecule has 8 heteroatoms. The first kappa shape index (κ1) is 16.6. The lowest BCUT2D eigenvalue weighted by Gasteiger charge is -2.03. The number of guanidine groups is 1. The summed E-state index contributed by atoms with van der Waals surface area (Å²) >= 11 is 0. The highest BCUT2D eigenvalue weighted by molar-refractivity contribution is 5.75. The van der Waals surface area contributed by atoms with Gasteiger partial charge in [-0.15, -0.1) is 0 Å². The van der Waals surface area contributed by atoms with Crippen molar-refractivity contribution in [2.24, 2.45) is 27.9 Å². The molecule has 0 bridgehead atoms. The molecular weight excluding hydrogens is 214 g/mol. The molecule has 0 saturated heterocycles. The van der Waals surface area contributed by atoms with Gasteiger partial charge in [0, 0.05) is 13.5 Å². The Kier molecular flexibility index (Phi) is 10.1. The van der Waals surface area contributed by atoms with Crippen molar-refractivity contribution in [2.45, 2.75) is 25.8 Å². The number of carboxylic acid groups (broad SMARTS) is 1. The molecule has 0 aromatic carbocycles. The van der Waals surface area contributed by atoms with E-state index in [2.05, 4.69) is 10.7 Å². The lowest BCUT2D eigenvalue weighted by Crippen LogP contribution is -2.30. The molecule has 0 spiro atoms. The summed E-state index contributed by atoms with van der Waals surface area (Å²) in [6, 6.07) is -0.820. The molecule has 0 radical (unpaired) electrons. The minimum atomic E-state index is -1.00. The van der Waals surface area contributed by atoms with Gasteiger partial charge in [0.1, 0.15) is 6.04 Å². The predicted octanol–water partition coefficient (Wildman–Crippen LogP) is -2.06. The number of carbonyl (C=O) groups is 2. The number of nitrogens with zero attached hydrogens (tertiary/aromatic N) is 1. The fourth-order valence-electron chi connectivity index (χ4n) is 0.643. The number of carbonyl (C=O) groups excluding carboxylic acids is 1. The Bertz CT molecular complexity index is 246. The molecule has 8 nitrogen and oxygen atoms in total.